The quantitative estimate of drug-likeness (QED) is 0.400. The van der Waals surface area contributed by atoms with Crippen LogP contribution in [0.15, 0.2) is 36.5 Å². The molecule has 1 N–H and O–H groups in total. The fraction of sp³-hybridized carbons (Fsp3) is 0.667. The maximum atomic E-state index is 6.05. The van der Waals surface area contributed by atoms with Gasteiger partial charge in [0.05, 0.1) is 17.3 Å². The van der Waals surface area contributed by atoms with Crippen LogP contribution in [0.4, 0.5) is 0 Å². The van der Waals surface area contributed by atoms with Crippen LogP contribution < -0.4 is 5.32 Å². The summed E-state index contributed by atoms with van der Waals surface area (Å²) in [5, 5.41) is 3.28. The molecule has 4 nitrogen and oxygen atoms in total. The van der Waals surface area contributed by atoms with Gasteiger partial charge in [-0.05, 0) is 52.9 Å². The molecule has 1 saturated heterocycles. The van der Waals surface area contributed by atoms with Gasteiger partial charge in [-0.15, -0.1) is 0 Å². The summed E-state index contributed by atoms with van der Waals surface area (Å²) in [4.78, 5) is 0. The minimum atomic E-state index is -0.339. The van der Waals surface area contributed by atoms with Gasteiger partial charge in [-0.1, -0.05) is 25.3 Å². The summed E-state index contributed by atoms with van der Waals surface area (Å²) in [5.41, 5.74) is 1.25. The van der Waals surface area contributed by atoms with Gasteiger partial charge in [0.2, 0.25) is 0 Å². The van der Waals surface area contributed by atoms with E-state index < -0.39 is 0 Å². The van der Waals surface area contributed by atoms with Crippen molar-refractivity contribution in [1.82, 2.24) is 5.32 Å². The number of unbranched alkanes of at least 4 members (excludes halogenated alkanes) is 1. The van der Waals surface area contributed by atoms with Crippen LogP contribution >= 0.6 is 0 Å². The SMILES string of the molecule is C=C/C(=C/CCCNC(=C)[C@H](C)OC)B1OC(C)(C)C(C)(C)O1. The van der Waals surface area contributed by atoms with Crippen LogP contribution in [-0.2, 0) is 14.0 Å². The van der Waals surface area contributed by atoms with Crippen molar-refractivity contribution in [2.75, 3.05) is 13.7 Å². The van der Waals surface area contributed by atoms with Gasteiger partial charge in [0.1, 0.15) is 0 Å². The third-order valence-corrected chi connectivity index (χ3v) is 4.72. The van der Waals surface area contributed by atoms with E-state index in [2.05, 4.69) is 52.2 Å². The zero-order valence-corrected chi connectivity index (χ0v) is 15.6. The monoisotopic (exact) mass is 321 g/mol. The van der Waals surface area contributed by atoms with Crippen molar-refractivity contribution in [1.29, 1.82) is 0 Å². The van der Waals surface area contributed by atoms with Gasteiger partial charge in [-0.2, -0.15) is 0 Å². The van der Waals surface area contributed by atoms with Crippen LogP contribution in [0.3, 0.4) is 0 Å². The molecule has 0 amide bonds. The second-order valence-electron chi connectivity index (χ2n) is 6.97. The van der Waals surface area contributed by atoms with Crippen molar-refractivity contribution in [3.8, 4) is 0 Å². The van der Waals surface area contributed by atoms with Gasteiger partial charge in [-0.25, -0.2) is 0 Å². The average Bonchev–Trinajstić information content (AvgIpc) is 2.69. The summed E-state index contributed by atoms with van der Waals surface area (Å²) in [6.45, 7) is 18.9. The first-order valence-electron chi connectivity index (χ1n) is 8.28. The van der Waals surface area contributed by atoms with Crippen LogP contribution in [-0.4, -0.2) is 38.1 Å². The zero-order chi connectivity index (χ0) is 17.7. The van der Waals surface area contributed by atoms with Gasteiger partial charge in [-0.3, -0.25) is 0 Å². The standard InChI is InChI=1S/C18H32BNO3/c1-9-16(19-22-17(4,5)18(6,7)23-19)12-10-11-13-20-14(2)15(3)21-8/h9,12,15,20H,1-2,10-11,13H2,3-8H3/b16-12-/t15-/m0/s1. The highest BCUT2D eigenvalue weighted by Gasteiger charge is 2.51. The van der Waals surface area contributed by atoms with Gasteiger partial charge in [0.15, 0.2) is 0 Å². The lowest BCUT2D eigenvalue weighted by Crippen LogP contribution is -2.41. The maximum absolute atomic E-state index is 6.05. The number of methoxy groups -OCH3 is 1. The Balaban J connectivity index is 2.46. The Kier molecular flexibility index (Phi) is 7.12. The summed E-state index contributed by atoms with van der Waals surface area (Å²) in [7, 11) is 1.34. The summed E-state index contributed by atoms with van der Waals surface area (Å²) < 4.78 is 17.3. The van der Waals surface area contributed by atoms with Crippen LogP contribution in [0.1, 0.15) is 47.5 Å². The van der Waals surface area contributed by atoms with E-state index in [0.717, 1.165) is 30.6 Å². The Bertz CT molecular complexity index is 441. The molecule has 0 saturated carbocycles. The Hall–Kier alpha value is -1.04. The minimum absolute atomic E-state index is 0.0269. The first-order valence-corrected chi connectivity index (χ1v) is 8.28. The van der Waals surface area contributed by atoms with Crippen molar-refractivity contribution in [2.24, 2.45) is 0 Å². The summed E-state index contributed by atoms with van der Waals surface area (Å²) in [6, 6.07) is 0. The van der Waals surface area contributed by atoms with E-state index in [9.17, 15) is 0 Å². The molecule has 0 bridgehead atoms. The summed E-state index contributed by atoms with van der Waals surface area (Å²) in [5.74, 6) is 0. The number of rotatable bonds is 9. The fourth-order valence-electron chi connectivity index (χ4n) is 2.16. The number of ether oxygens (including phenoxy) is 1. The normalized spacial score (nSPS) is 21.1. The highest BCUT2D eigenvalue weighted by atomic mass is 16.7. The molecule has 1 fully saturated rings. The van der Waals surface area contributed by atoms with E-state index in [1.165, 1.54) is 0 Å². The molecular weight excluding hydrogens is 289 g/mol. The van der Waals surface area contributed by atoms with Crippen molar-refractivity contribution in [3.63, 3.8) is 0 Å². The summed E-state index contributed by atoms with van der Waals surface area (Å²) >= 11 is 0. The lowest BCUT2D eigenvalue weighted by atomic mass is 9.77. The largest absolute Gasteiger partial charge is 0.494 e. The Morgan fingerprint density at radius 2 is 1.83 bits per heavy atom. The molecular formula is C18H32BNO3. The molecule has 5 heteroatoms. The van der Waals surface area contributed by atoms with Gasteiger partial charge in [0.25, 0.3) is 0 Å². The van der Waals surface area contributed by atoms with Crippen LogP contribution in [0, 0.1) is 0 Å². The molecule has 0 aromatic heterocycles. The number of allylic oxidation sites excluding steroid dienone is 3. The van der Waals surface area contributed by atoms with E-state index in [1.807, 2.05) is 13.0 Å². The molecule has 0 unspecified atom stereocenters. The van der Waals surface area contributed by atoms with Crippen molar-refractivity contribution in [2.45, 2.75) is 64.8 Å². The van der Waals surface area contributed by atoms with Crippen molar-refractivity contribution in [3.05, 3.63) is 36.5 Å². The molecule has 0 spiro atoms. The molecule has 1 heterocycles. The second-order valence-corrected chi connectivity index (χ2v) is 6.97. The lowest BCUT2D eigenvalue weighted by molar-refractivity contribution is 0.00578. The molecule has 130 valence electrons. The van der Waals surface area contributed by atoms with E-state index in [0.29, 0.717) is 0 Å². The number of hydrogen-bond acceptors (Lipinski definition) is 4. The first kappa shape index (κ1) is 20.0. The number of hydrogen-bond donors (Lipinski definition) is 1. The molecule has 0 radical (unpaired) electrons. The topological polar surface area (TPSA) is 39.7 Å². The highest BCUT2D eigenvalue weighted by Crippen LogP contribution is 2.38. The van der Waals surface area contributed by atoms with Crippen LogP contribution in [0.25, 0.3) is 0 Å². The number of nitrogens with one attached hydrogen (secondary N) is 1. The van der Waals surface area contributed by atoms with E-state index in [-0.39, 0.29) is 24.4 Å². The average molecular weight is 321 g/mol. The van der Waals surface area contributed by atoms with Gasteiger partial charge >= 0.3 is 7.12 Å². The maximum Gasteiger partial charge on any atom is 0.494 e. The van der Waals surface area contributed by atoms with Crippen LogP contribution in [0.2, 0.25) is 0 Å². The zero-order valence-electron chi connectivity index (χ0n) is 15.6. The second kappa shape index (κ2) is 8.18. The summed E-state index contributed by atoms with van der Waals surface area (Å²) in [6.07, 6.45) is 5.90. The van der Waals surface area contributed by atoms with Crippen molar-refractivity contribution < 1.29 is 14.0 Å². The third-order valence-electron chi connectivity index (χ3n) is 4.72. The van der Waals surface area contributed by atoms with E-state index in [4.69, 9.17) is 14.0 Å². The van der Waals surface area contributed by atoms with Crippen LogP contribution in [0.5, 0.6) is 0 Å². The fourth-order valence-corrected chi connectivity index (χ4v) is 2.16. The molecule has 1 rings (SSSR count). The van der Waals surface area contributed by atoms with Gasteiger partial charge in [0, 0.05) is 19.4 Å². The molecule has 0 aliphatic carbocycles. The first-order chi connectivity index (χ1) is 10.6. The molecule has 1 aliphatic rings. The molecule has 0 aromatic carbocycles. The lowest BCUT2D eigenvalue weighted by Gasteiger charge is -2.32. The minimum Gasteiger partial charge on any atom is -0.399 e. The molecule has 23 heavy (non-hydrogen) atoms. The Morgan fingerprint density at radius 3 is 2.30 bits per heavy atom. The van der Waals surface area contributed by atoms with Gasteiger partial charge < -0.3 is 19.4 Å². The highest BCUT2D eigenvalue weighted by molar-refractivity contribution is 6.55. The van der Waals surface area contributed by atoms with Crippen molar-refractivity contribution >= 4 is 7.12 Å². The third kappa shape index (κ3) is 5.23. The predicted octanol–water partition coefficient (Wildman–Crippen LogP) is 3.65. The Morgan fingerprint density at radius 1 is 1.26 bits per heavy atom. The predicted molar refractivity (Wildman–Crippen MR) is 97.2 cm³/mol. The molecule has 1 atom stereocenters. The van der Waals surface area contributed by atoms with E-state index >= 15 is 0 Å². The molecule has 0 aromatic rings. The van der Waals surface area contributed by atoms with E-state index in [1.54, 1.807) is 7.11 Å². The Labute approximate surface area is 142 Å². The smallest absolute Gasteiger partial charge is 0.399 e. The molecule has 1 aliphatic heterocycles.